The fourth-order valence-corrected chi connectivity index (χ4v) is 5.09. The first-order valence-corrected chi connectivity index (χ1v) is 9.19. The molecule has 0 spiro atoms. The molecule has 1 fully saturated rings. The van der Waals surface area contributed by atoms with E-state index in [0.29, 0.717) is 31.3 Å². The molecule has 1 aromatic rings. The van der Waals surface area contributed by atoms with Gasteiger partial charge in [-0.3, -0.25) is 0 Å². The third-order valence-corrected chi connectivity index (χ3v) is 6.13. The van der Waals surface area contributed by atoms with Crippen molar-refractivity contribution in [3.05, 3.63) is 23.3 Å². The van der Waals surface area contributed by atoms with Gasteiger partial charge >= 0.3 is 0 Å². The number of methoxy groups -OCH3 is 1. The summed E-state index contributed by atoms with van der Waals surface area (Å²) < 4.78 is 33.0. The molecule has 6 heteroatoms. The summed E-state index contributed by atoms with van der Waals surface area (Å²) in [5.74, 6) is 0.803. The molecule has 0 radical (unpaired) electrons. The predicted molar refractivity (Wildman–Crippen MR) is 87.6 cm³/mol. The molecule has 1 aliphatic rings. The highest BCUT2D eigenvalue weighted by Crippen LogP contribution is 2.33. The molecular weight excluding hydrogens is 300 g/mol. The first-order valence-electron chi connectivity index (χ1n) is 7.75. The quantitative estimate of drug-likeness (QED) is 0.899. The number of aryl methyl sites for hydroxylation is 2. The average molecular weight is 326 g/mol. The number of ether oxygens (including phenoxy) is 1. The van der Waals surface area contributed by atoms with Crippen LogP contribution in [-0.2, 0) is 10.0 Å². The number of hydrogen-bond donors (Lipinski definition) is 1. The molecule has 0 amide bonds. The van der Waals surface area contributed by atoms with E-state index in [-0.39, 0.29) is 4.90 Å². The normalized spacial score (nSPS) is 20.1. The van der Waals surface area contributed by atoms with Crippen LogP contribution in [0, 0.1) is 19.8 Å². The van der Waals surface area contributed by atoms with E-state index in [1.54, 1.807) is 10.4 Å². The summed E-state index contributed by atoms with van der Waals surface area (Å²) in [6.45, 7) is 5.50. The maximum absolute atomic E-state index is 13.0. The molecule has 0 aliphatic carbocycles. The van der Waals surface area contributed by atoms with Gasteiger partial charge in [-0.2, -0.15) is 4.31 Å². The van der Waals surface area contributed by atoms with Gasteiger partial charge in [0.05, 0.1) is 7.11 Å². The minimum Gasteiger partial charge on any atom is -0.495 e. The van der Waals surface area contributed by atoms with Crippen molar-refractivity contribution in [2.75, 3.05) is 26.7 Å². The summed E-state index contributed by atoms with van der Waals surface area (Å²) in [7, 11) is -2.02. The van der Waals surface area contributed by atoms with Gasteiger partial charge in [0.25, 0.3) is 0 Å². The van der Waals surface area contributed by atoms with E-state index in [4.69, 9.17) is 10.5 Å². The highest BCUT2D eigenvalue weighted by atomic mass is 32.2. The van der Waals surface area contributed by atoms with Crippen molar-refractivity contribution in [1.29, 1.82) is 0 Å². The van der Waals surface area contributed by atoms with E-state index in [1.165, 1.54) is 7.11 Å². The Morgan fingerprint density at radius 3 is 2.73 bits per heavy atom. The lowest BCUT2D eigenvalue weighted by molar-refractivity contribution is 0.257. The Morgan fingerprint density at radius 2 is 2.09 bits per heavy atom. The summed E-state index contributed by atoms with van der Waals surface area (Å²) in [5, 5.41) is 0. The third kappa shape index (κ3) is 3.45. The molecule has 1 atom stereocenters. The van der Waals surface area contributed by atoms with Gasteiger partial charge in [-0.1, -0.05) is 6.07 Å². The predicted octanol–water partition coefficient (Wildman–Crippen LogP) is 2.06. The fraction of sp³-hybridized carbons (Fsp3) is 0.625. The van der Waals surface area contributed by atoms with Crippen LogP contribution < -0.4 is 10.5 Å². The minimum absolute atomic E-state index is 0.279. The highest BCUT2D eigenvalue weighted by molar-refractivity contribution is 7.89. The van der Waals surface area contributed by atoms with Crippen molar-refractivity contribution in [1.82, 2.24) is 4.31 Å². The molecular formula is C16H26N2O3S. The first kappa shape index (κ1) is 17.2. The lowest BCUT2D eigenvalue weighted by Crippen LogP contribution is -2.40. The SMILES string of the molecule is COc1c(C)cc(C)cc1S(=O)(=O)N1CCCC(CCN)C1. The maximum Gasteiger partial charge on any atom is 0.246 e. The molecule has 22 heavy (non-hydrogen) atoms. The van der Waals surface area contributed by atoms with Gasteiger partial charge in [0.15, 0.2) is 0 Å². The molecule has 0 saturated carbocycles. The van der Waals surface area contributed by atoms with E-state index >= 15 is 0 Å². The van der Waals surface area contributed by atoms with Gasteiger partial charge in [-0.05, 0) is 62.8 Å². The second-order valence-corrected chi connectivity index (χ2v) is 7.97. The smallest absolute Gasteiger partial charge is 0.246 e. The van der Waals surface area contributed by atoms with Crippen molar-refractivity contribution >= 4 is 10.0 Å². The minimum atomic E-state index is -3.53. The van der Waals surface area contributed by atoms with E-state index in [9.17, 15) is 8.42 Å². The monoisotopic (exact) mass is 326 g/mol. The zero-order valence-corrected chi connectivity index (χ0v) is 14.4. The van der Waals surface area contributed by atoms with Gasteiger partial charge in [-0.25, -0.2) is 8.42 Å². The van der Waals surface area contributed by atoms with Crippen LogP contribution in [0.3, 0.4) is 0 Å². The first-order chi connectivity index (χ1) is 10.4. The Labute approximate surface area is 133 Å². The molecule has 2 N–H and O–H groups in total. The maximum atomic E-state index is 13.0. The second kappa shape index (κ2) is 6.98. The Balaban J connectivity index is 2.38. The van der Waals surface area contributed by atoms with Crippen LogP contribution in [0.25, 0.3) is 0 Å². The van der Waals surface area contributed by atoms with Gasteiger partial charge in [0.2, 0.25) is 10.0 Å². The standard InChI is InChI=1S/C16H26N2O3S/c1-12-9-13(2)16(21-3)15(10-12)22(19,20)18-8-4-5-14(11-18)6-7-17/h9-10,14H,4-8,11,17H2,1-3H3. The van der Waals surface area contributed by atoms with E-state index in [2.05, 4.69) is 0 Å². The van der Waals surface area contributed by atoms with Crippen molar-refractivity contribution in [3.8, 4) is 5.75 Å². The van der Waals surface area contributed by atoms with E-state index < -0.39 is 10.0 Å². The van der Waals surface area contributed by atoms with Crippen molar-refractivity contribution in [2.24, 2.45) is 11.7 Å². The number of nitrogens with two attached hydrogens (primary N) is 1. The van der Waals surface area contributed by atoms with Gasteiger partial charge in [0, 0.05) is 13.1 Å². The van der Waals surface area contributed by atoms with E-state index in [1.807, 2.05) is 19.9 Å². The van der Waals surface area contributed by atoms with Crippen LogP contribution in [0.1, 0.15) is 30.4 Å². The molecule has 1 aromatic carbocycles. The number of sulfonamides is 1. The Kier molecular flexibility index (Phi) is 5.47. The summed E-state index contributed by atoms with van der Waals surface area (Å²) in [4.78, 5) is 0.279. The topological polar surface area (TPSA) is 72.6 Å². The van der Waals surface area contributed by atoms with Crippen LogP contribution in [-0.4, -0.2) is 39.5 Å². The largest absolute Gasteiger partial charge is 0.495 e. The zero-order valence-electron chi connectivity index (χ0n) is 13.6. The fourth-order valence-electron chi connectivity index (χ4n) is 3.22. The van der Waals surface area contributed by atoms with Crippen LogP contribution in [0.5, 0.6) is 5.75 Å². The summed E-state index contributed by atoms with van der Waals surface area (Å²) in [5.41, 5.74) is 7.39. The molecule has 1 aliphatic heterocycles. The van der Waals surface area contributed by atoms with Crippen LogP contribution in [0.2, 0.25) is 0 Å². The van der Waals surface area contributed by atoms with Crippen molar-refractivity contribution < 1.29 is 13.2 Å². The van der Waals surface area contributed by atoms with Gasteiger partial charge in [0.1, 0.15) is 10.6 Å². The van der Waals surface area contributed by atoms with Crippen LogP contribution >= 0.6 is 0 Å². The number of rotatable bonds is 5. The Hall–Kier alpha value is -1.11. The van der Waals surface area contributed by atoms with Gasteiger partial charge < -0.3 is 10.5 Å². The Bertz CT molecular complexity index is 627. The molecule has 124 valence electrons. The average Bonchev–Trinajstić information content (AvgIpc) is 2.47. The van der Waals surface area contributed by atoms with Crippen LogP contribution in [0.4, 0.5) is 0 Å². The van der Waals surface area contributed by atoms with Crippen LogP contribution in [0.15, 0.2) is 17.0 Å². The zero-order chi connectivity index (χ0) is 16.3. The van der Waals surface area contributed by atoms with E-state index in [0.717, 1.165) is 30.4 Å². The number of benzene rings is 1. The van der Waals surface area contributed by atoms with Gasteiger partial charge in [-0.15, -0.1) is 0 Å². The molecule has 5 nitrogen and oxygen atoms in total. The molecule has 2 rings (SSSR count). The lowest BCUT2D eigenvalue weighted by atomic mass is 9.96. The molecule has 1 heterocycles. The summed E-state index contributed by atoms with van der Waals surface area (Å²) in [6, 6.07) is 3.64. The second-order valence-electron chi connectivity index (χ2n) is 6.06. The summed E-state index contributed by atoms with van der Waals surface area (Å²) in [6.07, 6.45) is 2.81. The number of hydrogen-bond acceptors (Lipinski definition) is 4. The molecule has 1 unspecified atom stereocenters. The molecule has 0 bridgehead atoms. The molecule has 1 saturated heterocycles. The van der Waals surface area contributed by atoms with Crippen molar-refractivity contribution in [2.45, 2.75) is 38.0 Å². The number of piperidine rings is 1. The lowest BCUT2D eigenvalue weighted by Gasteiger charge is -2.32. The molecule has 0 aromatic heterocycles. The third-order valence-electron chi connectivity index (χ3n) is 4.26. The highest BCUT2D eigenvalue weighted by Gasteiger charge is 2.32. The van der Waals surface area contributed by atoms with Crippen molar-refractivity contribution in [3.63, 3.8) is 0 Å². The number of nitrogens with zero attached hydrogens (tertiary/aromatic N) is 1. The summed E-state index contributed by atoms with van der Waals surface area (Å²) >= 11 is 0. The Morgan fingerprint density at radius 1 is 1.36 bits per heavy atom.